The first-order valence-electron chi connectivity index (χ1n) is 5.66. The number of piperidine rings is 1. The summed E-state index contributed by atoms with van der Waals surface area (Å²) in [6, 6.07) is 0. The Bertz CT molecular complexity index is 212. The Morgan fingerprint density at radius 3 is 2.57 bits per heavy atom. The van der Waals surface area contributed by atoms with Crippen LogP contribution in [-0.4, -0.2) is 28.0 Å². The normalized spacial score (nSPS) is 17.3. The molecule has 0 bridgehead atoms. The van der Waals surface area contributed by atoms with Crippen LogP contribution in [0.25, 0.3) is 0 Å². The summed E-state index contributed by atoms with van der Waals surface area (Å²) >= 11 is 0. The number of likely N-dealkylation sites (tertiary alicyclic amines) is 1. The molecule has 0 aliphatic carbocycles. The van der Waals surface area contributed by atoms with Crippen molar-refractivity contribution in [3.8, 4) is 0 Å². The van der Waals surface area contributed by atoms with E-state index in [1.165, 1.54) is 32.4 Å². The van der Waals surface area contributed by atoms with Crippen LogP contribution in [0.4, 0.5) is 0 Å². The van der Waals surface area contributed by atoms with Crippen molar-refractivity contribution in [1.82, 2.24) is 14.9 Å². The number of aromatic amines is 1. The van der Waals surface area contributed by atoms with Crippen LogP contribution in [0.3, 0.4) is 0 Å². The Morgan fingerprint density at radius 2 is 2.00 bits per heavy atom. The molecule has 80 valence electrons. The number of imidazole rings is 1. The average Bonchev–Trinajstić information content (AvgIpc) is 2.75. The van der Waals surface area contributed by atoms with Gasteiger partial charge in [-0.05, 0) is 25.9 Å². The third-order valence-electron chi connectivity index (χ3n) is 2.38. The molecule has 3 heteroatoms. The van der Waals surface area contributed by atoms with E-state index in [1.807, 2.05) is 26.2 Å². The van der Waals surface area contributed by atoms with Crippen LogP contribution in [0.2, 0.25) is 0 Å². The number of nitrogens with zero attached hydrogens (tertiary/aromatic N) is 2. The zero-order valence-electron chi connectivity index (χ0n) is 9.29. The van der Waals surface area contributed by atoms with Crippen LogP contribution in [0.5, 0.6) is 0 Å². The summed E-state index contributed by atoms with van der Waals surface area (Å²) in [5, 5.41) is 0. The van der Waals surface area contributed by atoms with E-state index in [0.717, 1.165) is 12.4 Å². The lowest BCUT2D eigenvalue weighted by atomic mass is 10.1. The predicted octanol–water partition coefficient (Wildman–Crippen LogP) is 2.42. The monoisotopic (exact) mass is 195 g/mol. The van der Waals surface area contributed by atoms with Gasteiger partial charge in [0.15, 0.2) is 0 Å². The van der Waals surface area contributed by atoms with Gasteiger partial charge in [0.2, 0.25) is 0 Å². The lowest BCUT2D eigenvalue weighted by Gasteiger charge is -2.25. The van der Waals surface area contributed by atoms with Gasteiger partial charge in [-0.15, -0.1) is 0 Å². The number of hydrogen-bond donors (Lipinski definition) is 1. The van der Waals surface area contributed by atoms with E-state index in [1.54, 1.807) is 0 Å². The van der Waals surface area contributed by atoms with Crippen LogP contribution in [-0.2, 0) is 6.54 Å². The van der Waals surface area contributed by atoms with Crippen molar-refractivity contribution < 1.29 is 0 Å². The molecule has 2 heterocycles. The number of hydrogen-bond acceptors (Lipinski definition) is 2. The fraction of sp³-hybridized carbons (Fsp3) is 0.727. The van der Waals surface area contributed by atoms with E-state index < -0.39 is 0 Å². The first-order chi connectivity index (χ1) is 6.95. The van der Waals surface area contributed by atoms with Gasteiger partial charge in [0, 0.05) is 12.4 Å². The van der Waals surface area contributed by atoms with Gasteiger partial charge in [-0.2, -0.15) is 0 Å². The van der Waals surface area contributed by atoms with E-state index in [-0.39, 0.29) is 0 Å². The van der Waals surface area contributed by atoms with Crippen molar-refractivity contribution >= 4 is 0 Å². The standard InChI is InChI=1S/C9H15N3.C2H6/c1-2-6-12(7-3-1)8-9-10-4-5-11-9;1-2/h4-5H,1-3,6-8H2,(H,10,11);1-2H3. The number of nitrogens with one attached hydrogen (secondary N) is 1. The molecule has 1 saturated heterocycles. The average molecular weight is 195 g/mol. The van der Waals surface area contributed by atoms with Crippen molar-refractivity contribution in [1.29, 1.82) is 0 Å². The van der Waals surface area contributed by atoms with E-state index in [2.05, 4.69) is 14.9 Å². The third-order valence-corrected chi connectivity index (χ3v) is 2.38. The highest BCUT2D eigenvalue weighted by molar-refractivity contribution is 4.87. The Morgan fingerprint density at radius 1 is 1.29 bits per heavy atom. The molecule has 0 atom stereocenters. The molecular weight excluding hydrogens is 174 g/mol. The minimum atomic E-state index is 0.993. The molecule has 1 aliphatic rings. The van der Waals surface area contributed by atoms with Crippen LogP contribution >= 0.6 is 0 Å². The van der Waals surface area contributed by atoms with Gasteiger partial charge in [0.25, 0.3) is 0 Å². The lowest BCUT2D eigenvalue weighted by Crippen LogP contribution is -2.29. The van der Waals surface area contributed by atoms with Gasteiger partial charge in [0.05, 0.1) is 6.54 Å². The molecule has 1 aromatic heterocycles. The maximum absolute atomic E-state index is 4.21. The Labute approximate surface area is 86.5 Å². The third kappa shape index (κ3) is 3.50. The van der Waals surface area contributed by atoms with E-state index in [4.69, 9.17) is 0 Å². The largest absolute Gasteiger partial charge is 0.348 e. The van der Waals surface area contributed by atoms with Crippen LogP contribution < -0.4 is 0 Å². The number of rotatable bonds is 2. The maximum Gasteiger partial charge on any atom is 0.120 e. The molecule has 1 fully saturated rings. The molecule has 0 unspecified atom stereocenters. The quantitative estimate of drug-likeness (QED) is 0.786. The molecule has 2 rings (SSSR count). The summed E-state index contributed by atoms with van der Waals surface area (Å²) in [5.41, 5.74) is 0. The Kier molecular flexibility index (Phi) is 5.30. The first kappa shape index (κ1) is 11.2. The van der Waals surface area contributed by atoms with Gasteiger partial charge in [-0.1, -0.05) is 20.3 Å². The molecule has 0 radical (unpaired) electrons. The summed E-state index contributed by atoms with van der Waals surface area (Å²) < 4.78 is 0. The van der Waals surface area contributed by atoms with Crippen molar-refractivity contribution in [3.63, 3.8) is 0 Å². The zero-order valence-corrected chi connectivity index (χ0v) is 9.29. The van der Waals surface area contributed by atoms with Crippen LogP contribution in [0.1, 0.15) is 38.9 Å². The second-order valence-corrected chi connectivity index (χ2v) is 3.37. The molecular formula is C11H21N3. The fourth-order valence-corrected chi connectivity index (χ4v) is 1.71. The zero-order chi connectivity index (χ0) is 10.2. The molecule has 0 aromatic carbocycles. The fourth-order valence-electron chi connectivity index (χ4n) is 1.71. The summed E-state index contributed by atoms with van der Waals surface area (Å²) in [7, 11) is 0. The van der Waals surface area contributed by atoms with Gasteiger partial charge in [-0.25, -0.2) is 4.98 Å². The van der Waals surface area contributed by atoms with Crippen LogP contribution in [0, 0.1) is 0 Å². The summed E-state index contributed by atoms with van der Waals surface area (Å²) in [6.45, 7) is 7.47. The number of aromatic nitrogens is 2. The molecule has 0 saturated carbocycles. The first-order valence-corrected chi connectivity index (χ1v) is 5.66. The number of H-pyrrole nitrogens is 1. The SMILES string of the molecule is CC.c1c[nH]c(CN2CCCCC2)n1. The van der Waals surface area contributed by atoms with Crippen molar-refractivity contribution in [2.24, 2.45) is 0 Å². The smallest absolute Gasteiger partial charge is 0.120 e. The van der Waals surface area contributed by atoms with Gasteiger partial charge in [0.1, 0.15) is 5.82 Å². The molecule has 0 spiro atoms. The van der Waals surface area contributed by atoms with Gasteiger partial charge < -0.3 is 4.98 Å². The minimum absolute atomic E-state index is 0.993. The highest BCUT2D eigenvalue weighted by Gasteiger charge is 2.10. The highest BCUT2D eigenvalue weighted by atomic mass is 15.1. The molecule has 1 aliphatic heterocycles. The topological polar surface area (TPSA) is 31.9 Å². The molecule has 1 N–H and O–H groups in total. The minimum Gasteiger partial charge on any atom is -0.348 e. The van der Waals surface area contributed by atoms with Gasteiger partial charge in [-0.3, -0.25) is 4.90 Å². The maximum atomic E-state index is 4.21. The lowest BCUT2D eigenvalue weighted by molar-refractivity contribution is 0.216. The van der Waals surface area contributed by atoms with Crippen LogP contribution in [0.15, 0.2) is 12.4 Å². The van der Waals surface area contributed by atoms with Crippen molar-refractivity contribution in [3.05, 3.63) is 18.2 Å². The summed E-state index contributed by atoms with van der Waals surface area (Å²) in [4.78, 5) is 9.81. The van der Waals surface area contributed by atoms with E-state index in [9.17, 15) is 0 Å². The molecule has 14 heavy (non-hydrogen) atoms. The van der Waals surface area contributed by atoms with E-state index in [0.29, 0.717) is 0 Å². The Balaban J connectivity index is 0.000000461. The highest BCUT2D eigenvalue weighted by Crippen LogP contribution is 2.10. The van der Waals surface area contributed by atoms with Crippen molar-refractivity contribution in [2.75, 3.05) is 13.1 Å². The van der Waals surface area contributed by atoms with E-state index >= 15 is 0 Å². The van der Waals surface area contributed by atoms with Gasteiger partial charge >= 0.3 is 0 Å². The summed E-state index contributed by atoms with van der Waals surface area (Å²) in [6.07, 6.45) is 7.80. The Hall–Kier alpha value is -0.830. The second kappa shape index (κ2) is 6.60. The second-order valence-electron chi connectivity index (χ2n) is 3.37. The molecule has 3 nitrogen and oxygen atoms in total. The van der Waals surface area contributed by atoms with Crippen molar-refractivity contribution in [2.45, 2.75) is 39.7 Å². The predicted molar refractivity (Wildman–Crippen MR) is 59.1 cm³/mol. The molecule has 0 amide bonds. The summed E-state index contributed by atoms with van der Waals surface area (Å²) in [5.74, 6) is 1.09. The molecule has 1 aromatic rings.